The van der Waals surface area contributed by atoms with Gasteiger partial charge in [0, 0.05) is 21.5 Å². The van der Waals surface area contributed by atoms with E-state index in [4.69, 9.17) is 18.9 Å². The van der Waals surface area contributed by atoms with E-state index in [2.05, 4.69) is 24.3 Å². The molecule has 3 aromatic carbocycles. The highest BCUT2D eigenvalue weighted by molar-refractivity contribution is 6.11. The molecule has 0 N–H and O–H groups in total. The lowest BCUT2D eigenvalue weighted by atomic mass is 10.0. The average Bonchev–Trinajstić information content (AvgIpc) is 3.53. The van der Waals surface area contributed by atoms with Gasteiger partial charge in [-0.3, -0.25) is 0 Å². The zero-order valence-electron chi connectivity index (χ0n) is 13.2. The molecule has 122 valence electrons. The maximum Gasteiger partial charge on any atom is 0.135 e. The largest absolute Gasteiger partial charge is 0.489 e. The third-order valence-electron chi connectivity index (χ3n) is 4.46. The van der Waals surface area contributed by atoms with E-state index >= 15 is 0 Å². The Morgan fingerprint density at radius 3 is 1.29 bits per heavy atom. The summed E-state index contributed by atoms with van der Waals surface area (Å²) in [5.41, 5.74) is 0. The fourth-order valence-corrected chi connectivity index (χ4v) is 3.04. The molecule has 2 atom stereocenters. The molecule has 2 saturated heterocycles. The quantitative estimate of drug-likeness (QED) is 0.514. The van der Waals surface area contributed by atoms with Crippen molar-refractivity contribution in [2.24, 2.45) is 0 Å². The van der Waals surface area contributed by atoms with Gasteiger partial charge in [0.25, 0.3) is 0 Å². The smallest absolute Gasteiger partial charge is 0.135 e. The summed E-state index contributed by atoms with van der Waals surface area (Å²) >= 11 is 0. The molecule has 0 saturated carbocycles. The van der Waals surface area contributed by atoms with Gasteiger partial charge in [-0.15, -0.1) is 0 Å². The number of benzene rings is 3. The Labute approximate surface area is 139 Å². The fourth-order valence-electron chi connectivity index (χ4n) is 3.04. The van der Waals surface area contributed by atoms with Crippen LogP contribution in [0.1, 0.15) is 0 Å². The van der Waals surface area contributed by atoms with E-state index in [-0.39, 0.29) is 12.2 Å². The van der Waals surface area contributed by atoms with Crippen molar-refractivity contribution < 1.29 is 18.9 Å². The molecule has 2 aliphatic rings. The summed E-state index contributed by atoms with van der Waals surface area (Å²) in [5.74, 6) is 1.82. The van der Waals surface area contributed by atoms with Gasteiger partial charge >= 0.3 is 0 Å². The molecule has 3 aromatic rings. The van der Waals surface area contributed by atoms with Gasteiger partial charge < -0.3 is 18.9 Å². The average molecular weight is 322 g/mol. The lowest BCUT2D eigenvalue weighted by Crippen LogP contribution is -2.07. The zero-order chi connectivity index (χ0) is 15.9. The minimum atomic E-state index is 0.227. The van der Waals surface area contributed by atoms with Gasteiger partial charge in [0.05, 0.1) is 13.2 Å². The molecule has 24 heavy (non-hydrogen) atoms. The molecule has 4 nitrogen and oxygen atoms in total. The maximum atomic E-state index is 6.14. The predicted octanol–water partition coefficient (Wildman–Crippen LogP) is 3.55. The lowest BCUT2D eigenvalue weighted by Gasteiger charge is -2.17. The summed E-state index contributed by atoms with van der Waals surface area (Å²) in [4.78, 5) is 0. The van der Waals surface area contributed by atoms with Crippen molar-refractivity contribution >= 4 is 21.5 Å². The second kappa shape index (κ2) is 5.65. The number of hydrogen-bond donors (Lipinski definition) is 0. The summed E-state index contributed by atoms with van der Waals surface area (Å²) in [6.45, 7) is 2.76. The summed E-state index contributed by atoms with van der Waals surface area (Å²) in [7, 11) is 0. The minimum absolute atomic E-state index is 0.227. The molecule has 2 heterocycles. The molecule has 2 aliphatic heterocycles. The number of hydrogen-bond acceptors (Lipinski definition) is 4. The van der Waals surface area contributed by atoms with Gasteiger partial charge in [-0.2, -0.15) is 0 Å². The third kappa shape index (κ3) is 2.58. The number of rotatable bonds is 6. The van der Waals surface area contributed by atoms with Gasteiger partial charge in [-0.25, -0.2) is 0 Å². The SMILES string of the molecule is c1ccc2c(OCC3CO3)c3ccccc3c(OCC3CO3)c2c1. The van der Waals surface area contributed by atoms with E-state index < -0.39 is 0 Å². The van der Waals surface area contributed by atoms with Crippen LogP contribution in [0.3, 0.4) is 0 Å². The third-order valence-corrected chi connectivity index (χ3v) is 4.46. The molecule has 0 aromatic heterocycles. The molecule has 2 unspecified atom stereocenters. The fraction of sp³-hybridized carbons (Fsp3) is 0.300. The Morgan fingerprint density at radius 2 is 1.00 bits per heavy atom. The van der Waals surface area contributed by atoms with Gasteiger partial charge in [0.1, 0.15) is 36.9 Å². The molecule has 4 heteroatoms. The van der Waals surface area contributed by atoms with Crippen LogP contribution in [0.15, 0.2) is 48.5 Å². The predicted molar refractivity (Wildman–Crippen MR) is 91.9 cm³/mol. The van der Waals surface area contributed by atoms with Crippen LogP contribution < -0.4 is 9.47 Å². The first-order valence-corrected chi connectivity index (χ1v) is 8.32. The highest BCUT2D eigenvalue weighted by atomic mass is 16.6. The summed E-state index contributed by atoms with van der Waals surface area (Å²) in [6.07, 6.45) is 0.455. The summed E-state index contributed by atoms with van der Waals surface area (Å²) in [5, 5.41) is 4.29. The van der Waals surface area contributed by atoms with Crippen molar-refractivity contribution in [3.63, 3.8) is 0 Å². The van der Waals surface area contributed by atoms with E-state index in [0.717, 1.165) is 46.3 Å². The van der Waals surface area contributed by atoms with E-state index in [1.807, 2.05) is 24.3 Å². The van der Waals surface area contributed by atoms with E-state index in [9.17, 15) is 0 Å². The van der Waals surface area contributed by atoms with Gasteiger partial charge in [-0.1, -0.05) is 48.5 Å². The van der Waals surface area contributed by atoms with Gasteiger partial charge in [0.15, 0.2) is 0 Å². The highest BCUT2D eigenvalue weighted by Crippen LogP contribution is 2.43. The molecular formula is C20H18O4. The monoisotopic (exact) mass is 322 g/mol. The van der Waals surface area contributed by atoms with E-state index in [1.54, 1.807) is 0 Å². The molecule has 2 fully saturated rings. The van der Waals surface area contributed by atoms with Crippen LogP contribution >= 0.6 is 0 Å². The normalized spacial score (nSPS) is 21.8. The Hall–Kier alpha value is -2.30. The van der Waals surface area contributed by atoms with Gasteiger partial charge in [-0.05, 0) is 0 Å². The second-order valence-corrected chi connectivity index (χ2v) is 6.28. The molecular weight excluding hydrogens is 304 g/mol. The zero-order valence-corrected chi connectivity index (χ0v) is 13.2. The first-order valence-electron chi connectivity index (χ1n) is 8.32. The number of ether oxygens (including phenoxy) is 4. The van der Waals surface area contributed by atoms with Gasteiger partial charge in [0.2, 0.25) is 0 Å². The topological polar surface area (TPSA) is 43.5 Å². The van der Waals surface area contributed by atoms with Crippen LogP contribution in [0.2, 0.25) is 0 Å². The Morgan fingerprint density at radius 1 is 0.667 bits per heavy atom. The van der Waals surface area contributed by atoms with Crippen molar-refractivity contribution in [3.8, 4) is 11.5 Å². The van der Waals surface area contributed by atoms with Crippen LogP contribution in [0.25, 0.3) is 21.5 Å². The van der Waals surface area contributed by atoms with Crippen LogP contribution in [0, 0.1) is 0 Å². The highest BCUT2D eigenvalue weighted by Gasteiger charge is 2.26. The summed E-state index contributed by atoms with van der Waals surface area (Å²) in [6, 6.07) is 16.5. The molecule has 5 rings (SSSR count). The van der Waals surface area contributed by atoms with E-state index in [1.165, 1.54) is 0 Å². The van der Waals surface area contributed by atoms with Crippen LogP contribution in [0.5, 0.6) is 11.5 Å². The first-order chi connectivity index (χ1) is 11.9. The molecule has 0 spiro atoms. The van der Waals surface area contributed by atoms with Crippen molar-refractivity contribution in [2.75, 3.05) is 26.4 Å². The second-order valence-electron chi connectivity index (χ2n) is 6.28. The van der Waals surface area contributed by atoms with Crippen LogP contribution in [-0.4, -0.2) is 38.6 Å². The van der Waals surface area contributed by atoms with Crippen LogP contribution in [0.4, 0.5) is 0 Å². The van der Waals surface area contributed by atoms with Crippen LogP contribution in [-0.2, 0) is 9.47 Å². The summed E-state index contributed by atoms with van der Waals surface area (Å²) < 4.78 is 22.9. The molecule has 0 amide bonds. The first kappa shape index (κ1) is 14.1. The van der Waals surface area contributed by atoms with Crippen molar-refractivity contribution in [2.45, 2.75) is 12.2 Å². The van der Waals surface area contributed by atoms with E-state index in [0.29, 0.717) is 13.2 Å². The lowest BCUT2D eigenvalue weighted by molar-refractivity contribution is 0.264. The molecule has 0 radical (unpaired) electrons. The Bertz CT molecular complexity index is 766. The molecule has 0 aliphatic carbocycles. The Kier molecular flexibility index (Phi) is 3.32. The van der Waals surface area contributed by atoms with Crippen molar-refractivity contribution in [1.29, 1.82) is 0 Å². The number of fused-ring (bicyclic) bond motifs is 2. The maximum absolute atomic E-state index is 6.14. The molecule has 0 bridgehead atoms. The number of epoxide rings is 2. The Balaban J connectivity index is 1.68. The van der Waals surface area contributed by atoms with Crippen molar-refractivity contribution in [1.82, 2.24) is 0 Å². The standard InChI is InChI=1S/C20H18O4/c1-2-6-16-15(5-1)19(23-11-13-9-21-13)17-7-3-4-8-18(17)20(16)24-12-14-10-22-14/h1-8,13-14H,9-12H2. The minimum Gasteiger partial charge on any atom is -0.489 e. The van der Waals surface area contributed by atoms with Crippen molar-refractivity contribution in [3.05, 3.63) is 48.5 Å².